The highest BCUT2D eigenvalue weighted by Crippen LogP contribution is 2.40. The van der Waals surface area contributed by atoms with E-state index in [1.54, 1.807) is 47.6 Å². The summed E-state index contributed by atoms with van der Waals surface area (Å²) in [7, 11) is 0. The Morgan fingerprint density at radius 3 is 2.81 bits per heavy atom. The number of ether oxygens (including phenoxy) is 3. The molecular weight excluding hydrogens is 426 g/mol. The first-order chi connectivity index (χ1) is 15.0. The molecular formula is C21H18ClN3O6. The second-order valence-corrected chi connectivity index (χ2v) is 7.33. The molecule has 4 rings (SSSR count). The largest absolute Gasteiger partial charge is 0.459 e. The highest BCUT2D eigenvalue weighted by Gasteiger charge is 2.45. The average Bonchev–Trinajstić information content (AvgIpc) is 3.43. The second kappa shape index (κ2) is 8.84. The van der Waals surface area contributed by atoms with Crippen LogP contribution in [0.25, 0.3) is 0 Å². The number of carbonyl (C=O) groups is 1. The van der Waals surface area contributed by atoms with E-state index in [0.717, 1.165) is 0 Å². The Morgan fingerprint density at radius 1 is 1.32 bits per heavy atom. The van der Waals surface area contributed by atoms with Gasteiger partial charge in [0.1, 0.15) is 12.7 Å². The summed E-state index contributed by atoms with van der Waals surface area (Å²) in [6, 6.07) is 12.7. The number of non-ortho nitro benzene ring substituents is 1. The second-order valence-electron chi connectivity index (χ2n) is 6.92. The standard InChI is InChI=1S/C21H18ClN3O6/c22-19-10-16(25(27)28)6-7-18(19)21(13-24-9-8-23-14-24)30-12-17(31-21)11-29-20(26)15-4-2-1-3-5-15/h1-10,14,17H,11-13H2/t17-,21-/m1/s1. The topological polar surface area (TPSA) is 106 Å². The summed E-state index contributed by atoms with van der Waals surface area (Å²) in [5, 5.41) is 11.2. The van der Waals surface area contributed by atoms with Crippen molar-refractivity contribution < 1.29 is 23.9 Å². The summed E-state index contributed by atoms with van der Waals surface area (Å²) >= 11 is 6.36. The normalized spacial score (nSPS) is 20.5. The molecule has 31 heavy (non-hydrogen) atoms. The van der Waals surface area contributed by atoms with Gasteiger partial charge in [-0.05, 0) is 18.2 Å². The fraction of sp³-hybridized carbons (Fsp3) is 0.238. The van der Waals surface area contributed by atoms with Gasteiger partial charge in [0.2, 0.25) is 5.79 Å². The van der Waals surface area contributed by atoms with Crippen LogP contribution in [0.4, 0.5) is 5.69 Å². The number of nitro groups is 1. The number of aromatic nitrogens is 2. The number of hydrogen-bond acceptors (Lipinski definition) is 7. The van der Waals surface area contributed by atoms with Gasteiger partial charge in [-0.3, -0.25) is 10.1 Å². The third kappa shape index (κ3) is 4.58. The zero-order valence-electron chi connectivity index (χ0n) is 16.2. The lowest BCUT2D eigenvalue weighted by atomic mass is 10.0. The van der Waals surface area contributed by atoms with E-state index < -0.39 is 22.8 Å². The molecule has 0 unspecified atom stereocenters. The summed E-state index contributed by atoms with van der Waals surface area (Å²) in [4.78, 5) is 26.8. The SMILES string of the molecule is O=C(OC[C@@H]1CO[C@@](Cn2ccnc2)(c2ccc([N+](=O)[O-])cc2Cl)O1)c1ccccc1. The van der Waals surface area contributed by atoms with E-state index >= 15 is 0 Å². The Balaban J connectivity index is 1.54. The van der Waals surface area contributed by atoms with Crippen molar-refractivity contribution in [3.05, 3.63) is 93.5 Å². The number of benzene rings is 2. The maximum Gasteiger partial charge on any atom is 0.338 e. The molecule has 0 aliphatic carbocycles. The molecule has 0 radical (unpaired) electrons. The van der Waals surface area contributed by atoms with E-state index in [4.69, 9.17) is 25.8 Å². The molecule has 1 aliphatic rings. The smallest absolute Gasteiger partial charge is 0.338 e. The summed E-state index contributed by atoms with van der Waals surface area (Å²) in [6.07, 6.45) is 4.38. The summed E-state index contributed by atoms with van der Waals surface area (Å²) in [5.74, 6) is -1.79. The van der Waals surface area contributed by atoms with Gasteiger partial charge in [-0.2, -0.15) is 0 Å². The van der Waals surface area contributed by atoms with E-state index in [0.29, 0.717) is 11.1 Å². The molecule has 0 spiro atoms. The van der Waals surface area contributed by atoms with E-state index in [1.165, 1.54) is 18.2 Å². The predicted molar refractivity (Wildman–Crippen MR) is 110 cm³/mol. The highest BCUT2D eigenvalue weighted by atomic mass is 35.5. The minimum absolute atomic E-state index is 0.0238. The summed E-state index contributed by atoms with van der Waals surface area (Å²) < 4.78 is 19.3. The zero-order valence-corrected chi connectivity index (χ0v) is 17.0. The first-order valence-electron chi connectivity index (χ1n) is 9.41. The van der Waals surface area contributed by atoms with Crippen molar-refractivity contribution in [3.63, 3.8) is 0 Å². The first-order valence-corrected chi connectivity index (χ1v) is 9.79. The third-order valence-electron chi connectivity index (χ3n) is 4.79. The minimum Gasteiger partial charge on any atom is -0.459 e. The number of nitrogens with zero attached hydrogens (tertiary/aromatic N) is 3. The molecule has 1 saturated heterocycles. The predicted octanol–water partition coefficient (Wildman–Crippen LogP) is 3.57. The Bertz CT molecular complexity index is 1080. The van der Waals surface area contributed by atoms with E-state index in [2.05, 4.69) is 4.98 Å². The quantitative estimate of drug-likeness (QED) is 0.312. The molecule has 160 valence electrons. The molecule has 3 aromatic rings. The van der Waals surface area contributed by atoms with Crippen LogP contribution in [-0.4, -0.2) is 39.8 Å². The van der Waals surface area contributed by atoms with Gasteiger partial charge in [-0.1, -0.05) is 29.8 Å². The molecule has 10 heteroatoms. The number of nitro benzene ring substituents is 1. The van der Waals surface area contributed by atoms with Gasteiger partial charge in [-0.15, -0.1) is 0 Å². The van der Waals surface area contributed by atoms with Crippen LogP contribution >= 0.6 is 11.6 Å². The van der Waals surface area contributed by atoms with E-state index in [1.807, 2.05) is 6.07 Å². The summed E-state index contributed by atoms with van der Waals surface area (Å²) in [5.41, 5.74) is 0.729. The molecule has 0 saturated carbocycles. The molecule has 1 aromatic heterocycles. The lowest BCUT2D eigenvalue weighted by molar-refractivity contribution is -0.384. The lowest BCUT2D eigenvalue weighted by Gasteiger charge is -2.29. The van der Waals surface area contributed by atoms with Gasteiger partial charge < -0.3 is 18.8 Å². The molecule has 0 bridgehead atoms. The fourth-order valence-corrected chi connectivity index (χ4v) is 3.65. The van der Waals surface area contributed by atoms with Crippen molar-refractivity contribution >= 4 is 23.3 Å². The van der Waals surface area contributed by atoms with Crippen LogP contribution in [0.2, 0.25) is 5.02 Å². The number of esters is 1. The van der Waals surface area contributed by atoms with Gasteiger partial charge in [0, 0.05) is 30.1 Å². The molecule has 2 heterocycles. The highest BCUT2D eigenvalue weighted by molar-refractivity contribution is 6.31. The molecule has 0 N–H and O–H groups in total. The molecule has 2 atom stereocenters. The molecule has 1 aliphatic heterocycles. The van der Waals surface area contributed by atoms with Crippen LogP contribution in [0.3, 0.4) is 0 Å². The third-order valence-corrected chi connectivity index (χ3v) is 5.11. The van der Waals surface area contributed by atoms with Gasteiger partial charge in [0.05, 0.1) is 35.0 Å². The Morgan fingerprint density at radius 2 is 2.13 bits per heavy atom. The summed E-state index contributed by atoms with van der Waals surface area (Å²) in [6.45, 7) is 0.321. The number of rotatable bonds is 7. The van der Waals surface area contributed by atoms with Gasteiger partial charge >= 0.3 is 5.97 Å². The van der Waals surface area contributed by atoms with Gasteiger partial charge in [0.25, 0.3) is 5.69 Å². The zero-order chi connectivity index (χ0) is 21.8. The van der Waals surface area contributed by atoms with E-state index in [9.17, 15) is 14.9 Å². The van der Waals surface area contributed by atoms with Crippen molar-refractivity contribution in [2.75, 3.05) is 13.2 Å². The average molecular weight is 444 g/mol. The fourth-order valence-electron chi connectivity index (χ4n) is 3.33. The monoisotopic (exact) mass is 443 g/mol. The maximum atomic E-state index is 12.2. The van der Waals surface area contributed by atoms with Gasteiger partial charge in [-0.25, -0.2) is 9.78 Å². The number of hydrogen-bond donors (Lipinski definition) is 0. The van der Waals surface area contributed by atoms with Gasteiger partial charge in [0.15, 0.2) is 0 Å². The van der Waals surface area contributed by atoms with Crippen molar-refractivity contribution in [2.45, 2.75) is 18.4 Å². The number of carbonyl (C=O) groups excluding carboxylic acids is 1. The molecule has 1 fully saturated rings. The number of imidazole rings is 1. The van der Waals surface area contributed by atoms with Crippen molar-refractivity contribution in [2.24, 2.45) is 0 Å². The maximum absolute atomic E-state index is 12.2. The van der Waals surface area contributed by atoms with Crippen LogP contribution in [-0.2, 0) is 26.5 Å². The van der Waals surface area contributed by atoms with Crippen molar-refractivity contribution in [3.8, 4) is 0 Å². The number of halogens is 1. The van der Waals surface area contributed by atoms with Crippen LogP contribution < -0.4 is 0 Å². The van der Waals surface area contributed by atoms with Crippen molar-refractivity contribution in [1.29, 1.82) is 0 Å². The van der Waals surface area contributed by atoms with Crippen molar-refractivity contribution in [1.82, 2.24) is 9.55 Å². The van der Waals surface area contributed by atoms with Crippen LogP contribution in [0, 0.1) is 10.1 Å². The van der Waals surface area contributed by atoms with Crippen LogP contribution in [0.1, 0.15) is 15.9 Å². The van der Waals surface area contributed by atoms with Crippen LogP contribution in [0.5, 0.6) is 0 Å². The van der Waals surface area contributed by atoms with Crippen LogP contribution in [0.15, 0.2) is 67.3 Å². The first kappa shape index (κ1) is 21.0. The lowest BCUT2D eigenvalue weighted by Crippen LogP contribution is -2.34. The molecule has 9 nitrogen and oxygen atoms in total. The Labute approximate surface area is 182 Å². The van der Waals surface area contributed by atoms with E-state index in [-0.39, 0.29) is 30.5 Å². The molecule has 2 aromatic carbocycles. The Kier molecular flexibility index (Phi) is 5.99. The minimum atomic E-state index is -1.32. The Hall–Kier alpha value is -3.27. The molecule has 0 amide bonds.